The van der Waals surface area contributed by atoms with E-state index in [1.165, 1.54) is 5.56 Å². The molecule has 1 aliphatic heterocycles. The van der Waals surface area contributed by atoms with Crippen molar-refractivity contribution in [3.63, 3.8) is 0 Å². The average Bonchev–Trinajstić information content (AvgIpc) is 3.09. The fourth-order valence-corrected chi connectivity index (χ4v) is 3.87. The van der Waals surface area contributed by atoms with E-state index in [0.717, 1.165) is 37.4 Å². The Labute approximate surface area is 172 Å². The molecule has 0 unspecified atom stereocenters. The standard InChI is InChI=1S/C22H28ClN3O2/c1-25(14-18-12-19(23)8-9-21(18)28-2)16-22(27)24-20-10-11-26(15-20)13-17-6-4-3-5-7-17/h3-9,12,20H,10-11,13-16H2,1-2H3,(H,24,27)/t20-/m1/s1. The van der Waals surface area contributed by atoms with Gasteiger partial charge in [0.05, 0.1) is 13.7 Å². The second-order valence-corrected chi connectivity index (χ2v) is 7.84. The Hall–Kier alpha value is -2.08. The Morgan fingerprint density at radius 2 is 2.07 bits per heavy atom. The number of amides is 1. The highest BCUT2D eigenvalue weighted by Gasteiger charge is 2.24. The molecule has 28 heavy (non-hydrogen) atoms. The van der Waals surface area contributed by atoms with Crippen molar-refractivity contribution in [2.75, 3.05) is 33.8 Å². The molecule has 1 atom stereocenters. The van der Waals surface area contributed by atoms with Crippen LogP contribution in [0.2, 0.25) is 5.02 Å². The van der Waals surface area contributed by atoms with Crippen molar-refractivity contribution >= 4 is 17.5 Å². The Balaban J connectivity index is 1.45. The number of hydrogen-bond acceptors (Lipinski definition) is 4. The second kappa shape index (κ2) is 9.92. The summed E-state index contributed by atoms with van der Waals surface area (Å²) in [5.74, 6) is 0.832. The minimum atomic E-state index is 0.0510. The van der Waals surface area contributed by atoms with Gasteiger partial charge < -0.3 is 10.1 Å². The van der Waals surface area contributed by atoms with Crippen LogP contribution in [0.1, 0.15) is 17.5 Å². The molecule has 5 nitrogen and oxygen atoms in total. The third-order valence-electron chi connectivity index (χ3n) is 4.98. The fraction of sp³-hybridized carbons (Fsp3) is 0.409. The van der Waals surface area contributed by atoms with Crippen molar-refractivity contribution in [1.29, 1.82) is 0 Å². The number of rotatable bonds is 8. The quantitative estimate of drug-likeness (QED) is 0.738. The molecule has 0 aliphatic carbocycles. The summed E-state index contributed by atoms with van der Waals surface area (Å²) in [6.45, 7) is 3.77. The van der Waals surface area contributed by atoms with E-state index in [1.54, 1.807) is 13.2 Å². The molecule has 0 radical (unpaired) electrons. The third kappa shape index (κ3) is 5.96. The Bertz CT molecular complexity index is 785. The van der Waals surface area contributed by atoms with Crippen molar-refractivity contribution in [3.05, 3.63) is 64.7 Å². The lowest BCUT2D eigenvalue weighted by atomic mass is 10.2. The summed E-state index contributed by atoms with van der Waals surface area (Å²) < 4.78 is 5.38. The van der Waals surface area contributed by atoms with Crippen LogP contribution < -0.4 is 10.1 Å². The topological polar surface area (TPSA) is 44.8 Å². The van der Waals surface area contributed by atoms with Gasteiger partial charge in [-0.3, -0.25) is 14.6 Å². The summed E-state index contributed by atoms with van der Waals surface area (Å²) in [6, 6.07) is 16.2. The predicted molar refractivity (Wildman–Crippen MR) is 113 cm³/mol. The maximum atomic E-state index is 12.5. The first kappa shape index (κ1) is 20.6. The summed E-state index contributed by atoms with van der Waals surface area (Å²) in [7, 11) is 3.57. The van der Waals surface area contributed by atoms with Crippen molar-refractivity contribution in [3.8, 4) is 5.75 Å². The maximum absolute atomic E-state index is 12.5. The van der Waals surface area contributed by atoms with E-state index in [-0.39, 0.29) is 11.9 Å². The lowest BCUT2D eigenvalue weighted by Gasteiger charge is -2.20. The van der Waals surface area contributed by atoms with Crippen LogP contribution >= 0.6 is 11.6 Å². The van der Waals surface area contributed by atoms with Crippen LogP contribution in [-0.4, -0.2) is 55.5 Å². The van der Waals surface area contributed by atoms with Gasteiger partial charge in [0.25, 0.3) is 0 Å². The molecule has 1 amide bonds. The Morgan fingerprint density at radius 3 is 2.82 bits per heavy atom. The summed E-state index contributed by atoms with van der Waals surface area (Å²) in [5.41, 5.74) is 2.28. The minimum absolute atomic E-state index is 0.0510. The highest BCUT2D eigenvalue weighted by Crippen LogP contribution is 2.23. The van der Waals surface area contributed by atoms with E-state index in [0.29, 0.717) is 18.1 Å². The van der Waals surface area contributed by atoms with Crippen LogP contribution in [0, 0.1) is 0 Å². The molecule has 150 valence electrons. The fourth-order valence-electron chi connectivity index (χ4n) is 3.67. The molecule has 1 fully saturated rings. The molecule has 0 aromatic heterocycles. The number of hydrogen-bond donors (Lipinski definition) is 1. The maximum Gasteiger partial charge on any atom is 0.234 e. The van der Waals surface area contributed by atoms with Crippen LogP contribution in [0.25, 0.3) is 0 Å². The molecule has 0 spiro atoms. The summed E-state index contributed by atoms with van der Waals surface area (Å²) in [6.07, 6.45) is 0.990. The molecule has 1 aliphatic rings. The van der Waals surface area contributed by atoms with E-state index in [2.05, 4.69) is 34.5 Å². The molecule has 1 saturated heterocycles. The lowest BCUT2D eigenvalue weighted by molar-refractivity contribution is -0.122. The zero-order valence-corrected chi connectivity index (χ0v) is 17.3. The van der Waals surface area contributed by atoms with E-state index in [9.17, 15) is 4.79 Å². The highest BCUT2D eigenvalue weighted by atomic mass is 35.5. The van der Waals surface area contributed by atoms with Crippen LogP contribution in [0.15, 0.2) is 48.5 Å². The third-order valence-corrected chi connectivity index (χ3v) is 5.22. The zero-order chi connectivity index (χ0) is 19.9. The molecular formula is C22H28ClN3O2. The van der Waals surface area contributed by atoms with Gasteiger partial charge in [-0.15, -0.1) is 0 Å². The number of methoxy groups -OCH3 is 1. The largest absolute Gasteiger partial charge is 0.496 e. The predicted octanol–water partition coefficient (Wildman–Crippen LogP) is 3.17. The highest BCUT2D eigenvalue weighted by molar-refractivity contribution is 6.30. The van der Waals surface area contributed by atoms with Crippen LogP contribution in [-0.2, 0) is 17.9 Å². The van der Waals surface area contributed by atoms with E-state index >= 15 is 0 Å². The molecule has 1 N–H and O–H groups in total. The van der Waals surface area contributed by atoms with E-state index in [1.807, 2.05) is 30.1 Å². The van der Waals surface area contributed by atoms with Crippen molar-refractivity contribution in [2.45, 2.75) is 25.6 Å². The first-order valence-corrected chi connectivity index (χ1v) is 9.98. The van der Waals surface area contributed by atoms with Crippen molar-refractivity contribution in [2.24, 2.45) is 0 Å². The number of carbonyl (C=O) groups is 1. The lowest BCUT2D eigenvalue weighted by Crippen LogP contribution is -2.42. The van der Waals surface area contributed by atoms with E-state index in [4.69, 9.17) is 16.3 Å². The Kier molecular flexibility index (Phi) is 7.31. The van der Waals surface area contributed by atoms with Gasteiger partial charge >= 0.3 is 0 Å². The normalized spacial score (nSPS) is 17.1. The minimum Gasteiger partial charge on any atom is -0.496 e. The number of nitrogens with one attached hydrogen (secondary N) is 1. The number of carbonyl (C=O) groups excluding carboxylic acids is 1. The van der Waals surface area contributed by atoms with E-state index < -0.39 is 0 Å². The van der Waals surface area contributed by atoms with Gasteiger partial charge in [-0.05, 0) is 37.2 Å². The first-order chi connectivity index (χ1) is 13.5. The van der Waals surface area contributed by atoms with Gasteiger partial charge in [-0.2, -0.15) is 0 Å². The summed E-state index contributed by atoms with van der Waals surface area (Å²) in [5, 5.41) is 3.84. The molecule has 3 rings (SSSR count). The number of benzene rings is 2. The van der Waals surface area contributed by atoms with Crippen molar-refractivity contribution < 1.29 is 9.53 Å². The number of halogens is 1. The monoisotopic (exact) mass is 401 g/mol. The molecule has 1 heterocycles. The van der Waals surface area contributed by atoms with Gasteiger partial charge in [0, 0.05) is 42.8 Å². The number of nitrogens with zero attached hydrogens (tertiary/aromatic N) is 2. The zero-order valence-electron chi connectivity index (χ0n) is 16.5. The molecule has 0 bridgehead atoms. The second-order valence-electron chi connectivity index (χ2n) is 7.40. The van der Waals surface area contributed by atoms with Gasteiger partial charge in [-0.25, -0.2) is 0 Å². The molecule has 2 aromatic rings. The average molecular weight is 402 g/mol. The van der Waals surface area contributed by atoms with Crippen LogP contribution in [0.4, 0.5) is 0 Å². The number of ether oxygens (including phenoxy) is 1. The summed E-state index contributed by atoms with van der Waals surface area (Å²) >= 11 is 6.09. The first-order valence-electron chi connectivity index (χ1n) is 9.60. The van der Waals surface area contributed by atoms with Gasteiger partial charge in [0.15, 0.2) is 0 Å². The molecular weight excluding hydrogens is 374 g/mol. The van der Waals surface area contributed by atoms with Crippen molar-refractivity contribution in [1.82, 2.24) is 15.1 Å². The van der Waals surface area contributed by atoms with Gasteiger partial charge in [0.1, 0.15) is 5.75 Å². The van der Waals surface area contributed by atoms with Crippen LogP contribution in [0.5, 0.6) is 5.75 Å². The molecule has 2 aromatic carbocycles. The molecule has 6 heteroatoms. The molecule has 0 saturated carbocycles. The number of likely N-dealkylation sites (tertiary alicyclic amines) is 1. The summed E-state index contributed by atoms with van der Waals surface area (Å²) in [4.78, 5) is 16.8. The SMILES string of the molecule is COc1ccc(Cl)cc1CN(C)CC(=O)N[C@@H]1CCN(Cc2ccccc2)C1. The van der Waals surface area contributed by atoms with Gasteiger partial charge in [0.2, 0.25) is 5.91 Å². The Morgan fingerprint density at radius 1 is 1.29 bits per heavy atom. The van der Waals surface area contributed by atoms with Crippen LogP contribution in [0.3, 0.4) is 0 Å². The number of likely N-dealkylation sites (N-methyl/N-ethyl adjacent to an activating group) is 1. The van der Waals surface area contributed by atoms with Gasteiger partial charge in [-0.1, -0.05) is 41.9 Å². The smallest absolute Gasteiger partial charge is 0.234 e.